The fraction of sp³-hybridized carbons (Fsp3) is 0.357. The number of benzene rings is 1. The number of hydrogen-bond acceptors (Lipinski definition) is 5. The summed E-state index contributed by atoms with van der Waals surface area (Å²) in [4.78, 5) is 12.1. The van der Waals surface area contributed by atoms with Crippen LogP contribution >= 0.6 is 0 Å². The molecule has 3 N–H and O–H groups in total. The monoisotopic (exact) mass is 271 g/mol. The van der Waals surface area contributed by atoms with Crippen molar-refractivity contribution in [3.8, 4) is 0 Å². The average molecular weight is 271 g/mol. The van der Waals surface area contributed by atoms with E-state index in [1.165, 1.54) is 0 Å². The summed E-state index contributed by atoms with van der Waals surface area (Å²) >= 11 is 0. The summed E-state index contributed by atoms with van der Waals surface area (Å²) in [5.41, 5.74) is 7.93. The van der Waals surface area contributed by atoms with Crippen LogP contribution in [0.15, 0.2) is 28.8 Å². The Labute approximate surface area is 116 Å². The Kier molecular flexibility index (Phi) is 3.23. The zero-order chi connectivity index (χ0) is 14.1. The SMILES string of the molecule is CC(C)[C@H](N)c1nc(Cc2nc3ccccc3[nH]2)no1. The topological polar surface area (TPSA) is 93.6 Å². The van der Waals surface area contributed by atoms with Crippen molar-refractivity contribution in [1.82, 2.24) is 20.1 Å². The molecule has 0 radical (unpaired) electrons. The normalized spacial score (nSPS) is 13.2. The van der Waals surface area contributed by atoms with Crippen LogP contribution in [0, 0.1) is 5.92 Å². The maximum atomic E-state index is 5.99. The fourth-order valence-electron chi connectivity index (χ4n) is 2.00. The molecule has 6 heteroatoms. The number of imidazole rings is 1. The minimum absolute atomic E-state index is 0.230. The van der Waals surface area contributed by atoms with E-state index in [0.717, 1.165) is 16.9 Å². The molecule has 0 spiro atoms. The second kappa shape index (κ2) is 5.05. The first-order chi connectivity index (χ1) is 9.63. The Morgan fingerprint density at radius 3 is 2.80 bits per heavy atom. The number of aromatic amines is 1. The Balaban J connectivity index is 1.81. The smallest absolute Gasteiger partial charge is 0.243 e. The molecule has 0 aliphatic carbocycles. The lowest BCUT2D eigenvalue weighted by Gasteiger charge is -2.09. The van der Waals surface area contributed by atoms with E-state index in [4.69, 9.17) is 10.3 Å². The molecule has 104 valence electrons. The van der Waals surface area contributed by atoms with Crippen LogP contribution in [0.2, 0.25) is 0 Å². The highest BCUT2D eigenvalue weighted by Gasteiger charge is 2.18. The number of rotatable bonds is 4. The first-order valence-electron chi connectivity index (χ1n) is 6.65. The largest absolute Gasteiger partial charge is 0.342 e. The predicted octanol–water partition coefficient (Wildman–Crippen LogP) is 2.19. The molecule has 0 aliphatic heterocycles. The average Bonchev–Trinajstić information content (AvgIpc) is 3.03. The van der Waals surface area contributed by atoms with Gasteiger partial charge in [-0.25, -0.2) is 4.98 Å². The number of fused-ring (bicyclic) bond motifs is 1. The first kappa shape index (κ1) is 12.8. The van der Waals surface area contributed by atoms with Crippen molar-refractivity contribution in [3.05, 3.63) is 41.8 Å². The van der Waals surface area contributed by atoms with Crippen molar-refractivity contribution >= 4 is 11.0 Å². The molecule has 2 aromatic heterocycles. The number of nitrogens with zero attached hydrogens (tertiary/aromatic N) is 3. The van der Waals surface area contributed by atoms with Gasteiger partial charge in [0, 0.05) is 0 Å². The van der Waals surface area contributed by atoms with Crippen LogP contribution in [0.4, 0.5) is 0 Å². The molecule has 0 saturated carbocycles. The van der Waals surface area contributed by atoms with E-state index < -0.39 is 0 Å². The third kappa shape index (κ3) is 2.42. The number of H-pyrrole nitrogens is 1. The molecule has 3 aromatic rings. The van der Waals surface area contributed by atoms with Gasteiger partial charge in [0.1, 0.15) is 5.82 Å². The van der Waals surface area contributed by atoms with Crippen LogP contribution < -0.4 is 5.73 Å². The second-order valence-electron chi connectivity index (χ2n) is 5.20. The van der Waals surface area contributed by atoms with Crippen LogP contribution in [-0.4, -0.2) is 20.1 Å². The number of para-hydroxylation sites is 2. The van der Waals surface area contributed by atoms with Crippen molar-refractivity contribution in [2.24, 2.45) is 11.7 Å². The molecule has 0 unspecified atom stereocenters. The Hall–Kier alpha value is -2.21. The van der Waals surface area contributed by atoms with Crippen LogP contribution in [0.5, 0.6) is 0 Å². The van der Waals surface area contributed by atoms with Crippen molar-refractivity contribution < 1.29 is 4.52 Å². The van der Waals surface area contributed by atoms with Gasteiger partial charge in [0.15, 0.2) is 5.82 Å². The van der Waals surface area contributed by atoms with Crippen LogP contribution in [-0.2, 0) is 6.42 Å². The van der Waals surface area contributed by atoms with Crippen molar-refractivity contribution in [1.29, 1.82) is 0 Å². The molecule has 1 aromatic carbocycles. The molecule has 0 saturated heterocycles. The molecular formula is C14H17N5O. The maximum absolute atomic E-state index is 5.99. The van der Waals surface area contributed by atoms with Gasteiger partial charge < -0.3 is 15.2 Å². The van der Waals surface area contributed by atoms with E-state index in [-0.39, 0.29) is 12.0 Å². The fourth-order valence-corrected chi connectivity index (χ4v) is 2.00. The van der Waals surface area contributed by atoms with E-state index >= 15 is 0 Å². The van der Waals surface area contributed by atoms with Gasteiger partial charge in [0.2, 0.25) is 5.89 Å². The Morgan fingerprint density at radius 2 is 2.05 bits per heavy atom. The summed E-state index contributed by atoms with van der Waals surface area (Å²) in [5.74, 6) is 2.15. The standard InChI is InChI=1S/C14H17N5O/c1-8(2)13(15)14-18-12(19-20-14)7-11-16-9-5-3-4-6-10(9)17-11/h3-6,8,13H,7,15H2,1-2H3,(H,16,17)/t13-/m0/s1. The van der Waals surface area contributed by atoms with E-state index in [1.54, 1.807) is 0 Å². The Bertz CT molecular complexity index is 682. The maximum Gasteiger partial charge on any atom is 0.243 e. The van der Waals surface area contributed by atoms with Gasteiger partial charge >= 0.3 is 0 Å². The molecule has 3 rings (SSSR count). The number of hydrogen-bond donors (Lipinski definition) is 2. The molecule has 6 nitrogen and oxygen atoms in total. The first-order valence-corrected chi connectivity index (χ1v) is 6.65. The highest BCUT2D eigenvalue weighted by Crippen LogP contribution is 2.18. The van der Waals surface area contributed by atoms with Crippen LogP contribution in [0.25, 0.3) is 11.0 Å². The quantitative estimate of drug-likeness (QED) is 0.758. The van der Waals surface area contributed by atoms with E-state index in [1.807, 2.05) is 38.1 Å². The molecular weight excluding hydrogens is 254 g/mol. The van der Waals surface area contributed by atoms with E-state index in [9.17, 15) is 0 Å². The van der Waals surface area contributed by atoms with Crippen LogP contribution in [0.3, 0.4) is 0 Å². The molecule has 20 heavy (non-hydrogen) atoms. The summed E-state index contributed by atoms with van der Waals surface area (Å²) < 4.78 is 5.21. The van der Waals surface area contributed by atoms with Crippen molar-refractivity contribution in [3.63, 3.8) is 0 Å². The van der Waals surface area contributed by atoms with Gasteiger partial charge in [0.05, 0.1) is 23.5 Å². The number of nitrogens with two attached hydrogens (primary N) is 1. The minimum atomic E-state index is -0.230. The Morgan fingerprint density at radius 1 is 1.25 bits per heavy atom. The molecule has 0 fully saturated rings. The summed E-state index contributed by atoms with van der Waals surface area (Å²) in [6, 6.07) is 7.65. The zero-order valence-corrected chi connectivity index (χ0v) is 11.5. The van der Waals surface area contributed by atoms with Gasteiger partial charge in [0.25, 0.3) is 0 Å². The van der Waals surface area contributed by atoms with Gasteiger partial charge in [-0.1, -0.05) is 31.1 Å². The minimum Gasteiger partial charge on any atom is -0.342 e. The van der Waals surface area contributed by atoms with Gasteiger partial charge in [-0.05, 0) is 18.1 Å². The highest BCUT2D eigenvalue weighted by molar-refractivity contribution is 5.74. The number of aromatic nitrogens is 4. The lowest BCUT2D eigenvalue weighted by molar-refractivity contribution is 0.322. The molecule has 2 heterocycles. The number of nitrogens with one attached hydrogen (secondary N) is 1. The molecule has 0 amide bonds. The predicted molar refractivity (Wildman–Crippen MR) is 75.0 cm³/mol. The third-order valence-corrected chi connectivity index (χ3v) is 3.25. The summed E-state index contributed by atoms with van der Waals surface area (Å²) in [7, 11) is 0. The lowest BCUT2D eigenvalue weighted by Crippen LogP contribution is -2.17. The van der Waals surface area contributed by atoms with E-state index in [0.29, 0.717) is 18.1 Å². The van der Waals surface area contributed by atoms with Crippen LogP contribution in [0.1, 0.15) is 37.4 Å². The second-order valence-corrected chi connectivity index (χ2v) is 5.20. The summed E-state index contributed by atoms with van der Waals surface area (Å²) in [5, 5.41) is 3.96. The molecule has 0 bridgehead atoms. The lowest BCUT2D eigenvalue weighted by atomic mass is 10.1. The van der Waals surface area contributed by atoms with Gasteiger partial charge in [-0.3, -0.25) is 0 Å². The van der Waals surface area contributed by atoms with E-state index in [2.05, 4.69) is 20.1 Å². The molecule has 1 atom stereocenters. The summed E-state index contributed by atoms with van der Waals surface area (Å²) in [6.45, 7) is 4.04. The summed E-state index contributed by atoms with van der Waals surface area (Å²) in [6.07, 6.45) is 0.503. The zero-order valence-electron chi connectivity index (χ0n) is 11.5. The van der Waals surface area contributed by atoms with Crippen molar-refractivity contribution in [2.75, 3.05) is 0 Å². The van der Waals surface area contributed by atoms with Gasteiger partial charge in [-0.2, -0.15) is 4.98 Å². The van der Waals surface area contributed by atoms with Gasteiger partial charge in [-0.15, -0.1) is 0 Å². The highest BCUT2D eigenvalue weighted by atomic mass is 16.5. The molecule has 0 aliphatic rings. The van der Waals surface area contributed by atoms with Crippen molar-refractivity contribution in [2.45, 2.75) is 26.3 Å². The third-order valence-electron chi connectivity index (χ3n) is 3.25.